The van der Waals surface area contributed by atoms with Crippen LogP contribution in [0.25, 0.3) is 0 Å². The Balaban J connectivity index is 5.50. The Labute approximate surface area is 144 Å². The van der Waals surface area contributed by atoms with E-state index in [0.29, 0.717) is 5.92 Å². The molecule has 0 aromatic carbocycles. The minimum Gasteiger partial charge on any atom is -0.406 e. The van der Waals surface area contributed by atoms with Crippen LogP contribution in [0.15, 0.2) is 0 Å². The standard InChI is InChI=1S/C16H37O2Si2.Al/c1-13(2)14(17-19(9,10)15(3,4)5)18-20(11,12)16(6,7)8;/h13H,1-12H3;. The predicted molar refractivity (Wildman–Crippen MR) is 99.9 cm³/mol. The zero-order valence-electron chi connectivity index (χ0n) is 16.5. The summed E-state index contributed by atoms with van der Waals surface area (Å²) in [5.74, 6) is 0.297. The molecule has 124 valence electrons. The SMILES string of the molecule is CC(C)[C]([Al])(O[Si](C)(C)C(C)(C)C)O[Si](C)(C)C(C)(C)C. The largest absolute Gasteiger partial charge is 0.406 e. The quantitative estimate of drug-likeness (QED) is 0.484. The van der Waals surface area contributed by atoms with Gasteiger partial charge in [-0.25, -0.2) is 0 Å². The molecule has 0 spiro atoms. The van der Waals surface area contributed by atoms with E-state index in [-0.39, 0.29) is 10.1 Å². The van der Waals surface area contributed by atoms with Crippen LogP contribution >= 0.6 is 0 Å². The molecule has 0 amide bonds. The molecule has 0 saturated heterocycles. The average molecular weight is 345 g/mol. The Bertz CT molecular complexity index is 324. The first-order valence-corrected chi connectivity index (χ1v) is 14.4. The summed E-state index contributed by atoms with van der Waals surface area (Å²) in [6.45, 7) is 27.2. The van der Waals surface area contributed by atoms with Crippen molar-refractivity contribution < 1.29 is 8.85 Å². The van der Waals surface area contributed by atoms with E-state index in [1.165, 1.54) is 0 Å². The average Bonchev–Trinajstić information content (AvgIpc) is 2.10. The van der Waals surface area contributed by atoms with Gasteiger partial charge in [0.2, 0.25) is 16.3 Å². The zero-order chi connectivity index (χ0) is 17.5. The maximum absolute atomic E-state index is 6.70. The maximum atomic E-state index is 6.70. The molecule has 0 heterocycles. The first-order chi connectivity index (χ1) is 8.86. The van der Waals surface area contributed by atoms with E-state index in [4.69, 9.17) is 8.85 Å². The van der Waals surface area contributed by atoms with Crippen LogP contribution in [0.1, 0.15) is 55.4 Å². The number of hydrogen-bond donors (Lipinski definition) is 0. The van der Waals surface area contributed by atoms with Gasteiger partial charge in [0.25, 0.3) is 0 Å². The van der Waals surface area contributed by atoms with Crippen molar-refractivity contribution in [3.05, 3.63) is 0 Å². The molecule has 0 N–H and O–H groups in total. The summed E-state index contributed by atoms with van der Waals surface area (Å²) in [6.07, 6.45) is 0. The molecule has 0 aliphatic carbocycles. The van der Waals surface area contributed by atoms with E-state index in [2.05, 4.69) is 97.9 Å². The van der Waals surface area contributed by atoms with Gasteiger partial charge in [-0.3, -0.25) is 0 Å². The lowest BCUT2D eigenvalue weighted by atomic mass is 10.2. The van der Waals surface area contributed by atoms with Gasteiger partial charge in [0.05, 0.1) is 4.65 Å². The smallest absolute Gasteiger partial charge is 0.222 e. The van der Waals surface area contributed by atoms with Crippen LogP contribution in [0.5, 0.6) is 0 Å². The van der Waals surface area contributed by atoms with E-state index in [0.717, 1.165) is 0 Å². The van der Waals surface area contributed by atoms with Crippen molar-refractivity contribution >= 4 is 32.9 Å². The van der Waals surface area contributed by atoms with Gasteiger partial charge < -0.3 is 8.85 Å². The van der Waals surface area contributed by atoms with Crippen molar-refractivity contribution in [2.75, 3.05) is 0 Å². The molecule has 0 unspecified atom stereocenters. The summed E-state index contributed by atoms with van der Waals surface area (Å²) in [4.78, 5) is 0. The van der Waals surface area contributed by atoms with Crippen LogP contribution in [0.3, 0.4) is 0 Å². The summed E-state index contributed by atoms with van der Waals surface area (Å²) in [5.41, 5.74) is 0. The van der Waals surface area contributed by atoms with Gasteiger partial charge in [-0.15, -0.1) is 0 Å². The highest BCUT2D eigenvalue weighted by molar-refractivity contribution is 6.75. The van der Waals surface area contributed by atoms with Crippen molar-refractivity contribution in [3.63, 3.8) is 0 Å². The van der Waals surface area contributed by atoms with Crippen LogP contribution in [0, 0.1) is 5.92 Å². The van der Waals surface area contributed by atoms with E-state index in [1.54, 1.807) is 0 Å². The maximum Gasteiger partial charge on any atom is 0.222 e. The molecule has 0 aromatic rings. The lowest BCUT2D eigenvalue weighted by molar-refractivity contribution is -0.0936. The van der Waals surface area contributed by atoms with Crippen molar-refractivity contribution in [1.82, 2.24) is 0 Å². The van der Waals surface area contributed by atoms with Gasteiger partial charge >= 0.3 is 0 Å². The van der Waals surface area contributed by atoms with Gasteiger partial charge in [0.1, 0.15) is 0 Å². The first kappa shape index (κ1) is 21.9. The Morgan fingerprint density at radius 2 is 0.952 bits per heavy atom. The third-order valence-corrected chi connectivity index (χ3v) is 15.5. The molecule has 0 fully saturated rings. The van der Waals surface area contributed by atoms with Crippen LogP contribution in [0.4, 0.5) is 0 Å². The fourth-order valence-corrected chi connectivity index (χ4v) is 5.97. The molecular formula is C16H37AlO2Si2. The Hall–Kier alpha value is 0.886. The lowest BCUT2D eigenvalue weighted by Crippen LogP contribution is -2.59. The summed E-state index contributed by atoms with van der Waals surface area (Å²) in [5, 5.41) is 0.362. The zero-order valence-corrected chi connectivity index (χ0v) is 19.6. The first-order valence-electron chi connectivity index (χ1n) is 8.05. The summed E-state index contributed by atoms with van der Waals surface area (Å²) in [7, 11) is -3.77. The van der Waals surface area contributed by atoms with Crippen molar-refractivity contribution in [2.24, 2.45) is 5.92 Å². The Kier molecular flexibility index (Phi) is 6.68. The fourth-order valence-electron chi connectivity index (χ4n) is 1.36. The molecule has 0 aliphatic rings. The number of rotatable bonds is 5. The molecule has 2 radical (unpaired) electrons. The summed E-state index contributed by atoms with van der Waals surface area (Å²) in [6, 6.07) is 0. The molecule has 0 bridgehead atoms. The van der Waals surface area contributed by atoms with Gasteiger partial charge in [0, 0.05) is 0 Å². The highest BCUT2D eigenvalue weighted by Crippen LogP contribution is 2.44. The summed E-state index contributed by atoms with van der Waals surface area (Å²) < 4.78 is 12.8. The third-order valence-electron chi connectivity index (χ3n) is 5.25. The fraction of sp³-hybridized carbons (Fsp3) is 1.00. The molecule has 5 heteroatoms. The Morgan fingerprint density at radius 3 is 1.10 bits per heavy atom. The van der Waals surface area contributed by atoms with Crippen LogP contribution < -0.4 is 0 Å². The predicted octanol–water partition coefficient (Wildman–Crippen LogP) is 5.51. The molecule has 0 aromatic heterocycles. The van der Waals surface area contributed by atoms with E-state index < -0.39 is 21.3 Å². The molecule has 0 saturated carbocycles. The monoisotopic (exact) mass is 344 g/mol. The molecule has 0 aliphatic heterocycles. The number of hydrogen-bond acceptors (Lipinski definition) is 2. The molecule has 0 atom stereocenters. The van der Waals surface area contributed by atoms with Crippen LogP contribution in [-0.2, 0) is 8.85 Å². The molecule has 2 nitrogen and oxygen atoms in total. The summed E-state index contributed by atoms with van der Waals surface area (Å²) >= 11 is 2.90. The highest BCUT2D eigenvalue weighted by Gasteiger charge is 2.48. The minimum atomic E-state index is -1.89. The van der Waals surface area contributed by atoms with Crippen LogP contribution in [0.2, 0.25) is 36.3 Å². The second-order valence-corrected chi connectivity index (χ2v) is 19.9. The highest BCUT2D eigenvalue weighted by atomic mass is 28.4. The van der Waals surface area contributed by atoms with Gasteiger partial charge in [0.15, 0.2) is 16.6 Å². The van der Waals surface area contributed by atoms with E-state index in [1.807, 2.05) is 0 Å². The normalized spacial score (nSPS) is 15.7. The molecule has 0 rings (SSSR count). The van der Waals surface area contributed by atoms with E-state index >= 15 is 0 Å². The molecular weight excluding hydrogens is 307 g/mol. The van der Waals surface area contributed by atoms with E-state index in [9.17, 15) is 0 Å². The van der Waals surface area contributed by atoms with Crippen molar-refractivity contribution in [2.45, 2.75) is 96.3 Å². The van der Waals surface area contributed by atoms with Crippen molar-refractivity contribution in [1.29, 1.82) is 0 Å². The third kappa shape index (κ3) is 5.48. The van der Waals surface area contributed by atoms with Crippen molar-refractivity contribution in [3.8, 4) is 0 Å². The Morgan fingerprint density at radius 1 is 0.714 bits per heavy atom. The lowest BCUT2D eigenvalue weighted by Gasteiger charge is -2.52. The molecule has 21 heavy (non-hydrogen) atoms. The second kappa shape index (κ2) is 6.41. The minimum absolute atomic E-state index is 0.181. The van der Waals surface area contributed by atoms with Crippen LogP contribution in [-0.4, -0.2) is 37.6 Å². The van der Waals surface area contributed by atoms with Gasteiger partial charge in [-0.05, 0) is 42.2 Å². The van der Waals surface area contributed by atoms with Gasteiger partial charge in [-0.1, -0.05) is 55.4 Å². The topological polar surface area (TPSA) is 18.5 Å². The van der Waals surface area contributed by atoms with Gasteiger partial charge in [-0.2, -0.15) is 0 Å². The second-order valence-electron chi connectivity index (χ2n) is 9.60.